The van der Waals surface area contributed by atoms with Crippen LogP contribution in [0.25, 0.3) is 0 Å². The van der Waals surface area contributed by atoms with Gasteiger partial charge in [0.1, 0.15) is 5.75 Å². The van der Waals surface area contributed by atoms with Gasteiger partial charge < -0.3 is 14.2 Å². The third-order valence-corrected chi connectivity index (χ3v) is 7.32. The highest BCUT2D eigenvalue weighted by atomic mass is 35.5. The predicted octanol–water partition coefficient (Wildman–Crippen LogP) is 8.74. The molecular formula is C33H56ClN3O2. The zero-order chi connectivity index (χ0) is 28.3. The van der Waals surface area contributed by atoms with Crippen LogP contribution in [0.5, 0.6) is 5.75 Å². The minimum atomic E-state index is -0.271. The molecule has 1 aromatic carbocycles. The van der Waals surface area contributed by atoms with Crippen molar-refractivity contribution in [3.05, 3.63) is 46.8 Å². The summed E-state index contributed by atoms with van der Waals surface area (Å²) in [5.41, 5.74) is 2.65. The molecule has 0 saturated carbocycles. The zero-order valence-electron chi connectivity index (χ0n) is 26.1. The molecule has 1 aromatic heterocycles. The van der Waals surface area contributed by atoms with E-state index < -0.39 is 0 Å². The van der Waals surface area contributed by atoms with Gasteiger partial charge >= 0.3 is 0 Å². The topological polar surface area (TPSA) is 59.5 Å². The van der Waals surface area contributed by atoms with Gasteiger partial charge in [0.2, 0.25) is 5.62 Å². The second kappa shape index (κ2) is 16.3. The highest BCUT2D eigenvalue weighted by Gasteiger charge is 2.28. The minimum absolute atomic E-state index is 0. The molecule has 0 amide bonds. The lowest BCUT2D eigenvalue weighted by Crippen LogP contribution is -2.29. The Labute approximate surface area is 244 Å². The maximum atomic E-state index is 13.7. The van der Waals surface area contributed by atoms with E-state index in [0.717, 1.165) is 42.7 Å². The molecule has 0 spiro atoms. The number of Topliss-reactive ketones (excluding diaryl/α,β-unsaturated/α-hetero) is 1. The third kappa shape index (κ3) is 10.8. The number of aryl methyl sites for hydroxylation is 1. The van der Waals surface area contributed by atoms with Gasteiger partial charge in [0.25, 0.3) is 0 Å². The SMILES string of the molecule is CCCCCCC/N=c1\n(CCCCCCC)ccn1CC(=O)c1cc(C(C)(C)C)c(O)c(C(C)(C)C)c1.Cl. The molecule has 39 heavy (non-hydrogen) atoms. The number of hydrogen-bond acceptors (Lipinski definition) is 3. The molecule has 0 unspecified atom stereocenters. The van der Waals surface area contributed by atoms with E-state index in [1.807, 2.05) is 22.9 Å². The van der Waals surface area contributed by atoms with E-state index in [1.165, 1.54) is 51.4 Å². The molecule has 2 aromatic rings. The number of phenols is 1. The quantitative estimate of drug-likeness (QED) is 0.174. The fourth-order valence-corrected chi connectivity index (χ4v) is 4.90. The zero-order valence-corrected chi connectivity index (χ0v) is 26.9. The average Bonchev–Trinajstić information content (AvgIpc) is 3.20. The Kier molecular flexibility index (Phi) is 14.6. The summed E-state index contributed by atoms with van der Waals surface area (Å²) in [4.78, 5) is 18.7. The maximum Gasteiger partial charge on any atom is 0.205 e. The van der Waals surface area contributed by atoms with Gasteiger partial charge in [0.05, 0.1) is 6.54 Å². The Morgan fingerprint density at radius 1 is 0.769 bits per heavy atom. The average molecular weight is 562 g/mol. The van der Waals surface area contributed by atoms with Crippen molar-refractivity contribution in [3.8, 4) is 5.75 Å². The van der Waals surface area contributed by atoms with Gasteiger partial charge in [-0.3, -0.25) is 9.79 Å². The molecule has 0 aliphatic heterocycles. The van der Waals surface area contributed by atoms with Crippen LogP contribution in [0.15, 0.2) is 29.5 Å². The Morgan fingerprint density at radius 2 is 1.26 bits per heavy atom. The van der Waals surface area contributed by atoms with Crippen LogP contribution >= 0.6 is 12.4 Å². The second-order valence-electron chi connectivity index (χ2n) is 13.0. The molecule has 1 N–H and O–H groups in total. The summed E-state index contributed by atoms with van der Waals surface area (Å²) >= 11 is 0. The summed E-state index contributed by atoms with van der Waals surface area (Å²) in [6, 6.07) is 3.78. The van der Waals surface area contributed by atoms with Crippen LogP contribution in [-0.4, -0.2) is 26.6 Å². The molecule has 0 radical (unpaired) electrons. The monoisotopic (exact) mass is 561 g/mol. The highest BCUT2D eigenvalue weighted by Crippen LogP contribution is 2.39. The van der Waals surface area contributed by atoms with E-state index >= 15 is 0 Å². The molecule has 0 atom stereocenters. The normalized spacial score (nSPS) is 12.6. The number of aromatic nitrogens is 2. The molecule has 2 rings (SSSR count). The van der Waals surface area contributed by atoms with Crippen molar-refractivity contribution in [2.45, 2.75) is 144 Å². The van der Waals surface area contributed by atoms with Crippen molar-refractivity contribution >= 4 is 18.2 Å². The Bertz CT molecular complexity index is 1050. The standard InChI is InChI=1S/C33H55N3O2.ClH/c1-9-11-13-15-17-19-34-31-35(20-18-16-14-12-10-2)21-22-36(31)25-29(37)26-23-27(32(3,4)5)30(38)28(24-26)33(6,7)8;/h21-24,38H,9-20,25H2,1-8H3;1H/b34-31+;. The van der Waals surface area contributed by atoms with E-state index in [-0.39, 0.29) is 35.6 Å². The van der Waals surface area contributed by atoms with Gasteiger partial charge in [-0.15, -0.1) is 12.4 Å². The van der Waals surface area contributed by atoms with Crippen molar-refractivity contribution in [1.82, 2.24) is 9.13 Å². The van der Waals surface area contributed by atoms with Gasteiger partial charge in [0.15, 0.2) is 5.78 Å². The first kappa shape index (κ1) is 35.0. The summed E-state index contributed by atoms with van der Waals surface area (Å²) in [6.45, 7) is 18.9. The first-order valence-electron chi connectivity index (χ1n) is 15.1. The Morgan fingerprint density at radius 3 is 1.77 bits per heavy atom. The second-order valence-corrected chi connectivity index (χ2v) is 13.0. The van der Waals surface area contributed by atoms with Gasteiger partial charge in [-0.05, 0) is 35.8 Å². The number of carbonyl (C=O) groups excluding carboxylic acids is 1. The van der Waals surface area contributed by atoms with E-state index in [1.54, 1.807) is 0 Å². The summed E-state index contributed by atoms with van der Waals surface area (Å²) in [7, 11) is 0. The molecular weight excluding hydrogens is 506 g/mol. The molecule has 1 heterocycles. The summed E-state index contributed by atoms with van der Waals surface area (Å²) in [5.74, 6) is 0.355. The number of hydrogen-bond donors (Lipinski definition) is 1. The van der Waals surface area contributed by atoms with Crippen LogP contribution in [0.3, 0.4) is 0 Å². The van der Waals surface area contributed by atoms with Crippen LogP contribution in [0.2, 0.25) is 0 Å². The lowest BCUT2D eigenvalue weighted by atomic mass is 9.78. The first-order chi connectivity index (χ1) is 17.9. The molecule has 222 valence electrons. The molecule has 0 aliphatic carbocycles. The molecule has 0 aliphatic rings. The van der Waals surface area contributed by atoms with Crippen LogP contribution in [0, 0.1) is 0 Å². The number of phenolic OH excluding ortho intramolecular Hbond substituents is 1. The van der Waals surface area contributed by atoms with Gasteiger partial charge in [0, 0.05) is 42.2 Å². The largest absolute Gasteiger partial charge is 0.507 e. The van der Waals surface area contributed by atoms with Gasteiger partial charge in [-0.1, -0.05) is 107 Å². The first-order valence-corrected chi connectivity index (χ1v) is 15.1. The number of imidazole rings is 1. The molecule has 0 saturated heterocycles. The Balaban J connectivity index is 0.00000760. The number of rotatable bonds is 15. The number of ketones is 1. The number of unbranched alkanes of at least 4 members (excludes halogenated alkanes) is 8. The van der Waals surface area contributed by atoms with Crippen molar-refractivity contribution in [2.75, 3.05) is 6.54 Å². The summed E-state index contributed by atoms with van der Waals surface area (Å²) < 4.78 is 4.24. The maximum absolute atomic E-state index is 13.7. The number of benzene rings is 1. The smallest absolute Gasteiger partial charge is 0.205 e. The van der Waals surface area contributed by atoms with Crippen LogP contribution < -0.4 is 5.62 Å². The van der Waals surface area contributed by atoms with E-state index in [0.29, 0.717) is 11.3 Å². The molecule has 6 heteroatoms. The van der Waals surface area contributed by atoms with Crippen molar-refractivity contribution in [2.24, 2.45) is 4.99 Å². The fraction of sp³-hybridized carbons (Fsp3) is 0.697. The molecule has 0 fully saturated rings. The van der Waals surface area contributed by atoms with Crippen molar-refractivity contribution in [3.63, 3.8) is 0 Å². The van der Waals surface area contributed by atoms with Crippen LogP contribution in [0.1, 0.15) is 141 Å². The van der Waals surface area contributed by atoms with Gasteiger partial charge in [-0.25, -0.2) is 0 Å². The van der Waals surface area contributed by atoms with Crippen LogP contribution in [-0.2, 0) is 23.9 Å². The number of nitrogens with zero attached hydrogens (tertiary/aromatic N) is 3. The predicted molar refractivity (Wildman–Crippen MR) is 167 cm³/mol. The van der Waals surface area contributed by atoms with E-state index in [2.05, 4.69) is 66.2 Å². The van der Waals surface area contributed by atoms with E-state index in [9.17, 15) is 9.90 Å². The fourth-order valence-electron chi connectivity index (χ4n) is 4.90. The highest BCUT2D eigenvalue weighted by molar-refractivity contribution is 5.96. The lowest BCUT2D eigenvalue weighted by Gasteiger charge is -2.28. The number of aromatic hydroxyl groups is 1. The molecule has 5 nitrogen and oxygen atoms in total. The van der Waals surface area contributed by atoms with Crippen molar-refractivity contribution in [1.29, 1.82) is 0 Å². The number of carbonyl (C=O) groups is 1. The van der Waals surface area contributed by atoms with E-state index in [4.69, 9.17) is 4.99 Å². The third-order valence-electron chi connectivity index (χ3n) is 7.32. The Hall–Kier alpha value is -2.01. The lowest BCUT2D eigenvalue weighted by molar-refractivity contribution is 0.0970. The minimum Gasteiger partial charge on any atom is -0.507 e. The van der Waals surface area contributed by atoms with Gasteiger partial charge in [-0.2, -0.15) is 0 Å². The number of halogens is 1. The summed E-state index contributed by atoms with van der Waals surface area (Å²) in [5, 5.41) is 11.1. The van der Waals surface area contributed by atoms with Crippen molar-refractivity contribution < 1.29 is 9.90 Å². The van der Waals surface area contributed by atoms with Crippen LogP contribution in [0.4, 0.5) is 0 Å². The summed E-state index contributed by atoms with van der Waals surface area (Å²) in [6.07, 6.45) is 16.3. The molecule has 0 bridgehead atoms.